The van der Waals surface area contributed by atoms with Crippen molar-refractivity contribution in [2.24, 2.45) is 0 Å². The van der Waals surface area contributed by atoms with Gasteiger partial charge in [0, 0.05) is 15.6 Å². The summed E-state index contributed by atoms with van der Waals surface area (Å²) in [6.07, 6.45) is -4.46. The van der Waals surface area contributed by atoms with Crippen LogP contribution in [0.4, 0.5) is 17.6 Å². The van der Waals surface area contributed by atoms with Crippen LogP contribution in [-0.4, -0.2) is 5.78 Å². The van der Waals surface area contributed by atoms with Crippen LogP contribution in [0.2, 0.25) is 0 Å². The summed E-state index contributed by atoms with van der Waals surface area (Å²) in [6.45, 7) is 1.41. The highest BCUT2D eigenvalue weighted by Crippen LogP contribution is 2.31. The highest BCUT2D eigenvalue weighted by atomic mass is 79.9. The minimum absolute atomic E-state index is 0.0738. The molecular weight excluding hydrogens is 352 g/mol. The zero-order valence-electron chi connectivity index (χ0n) is 10.8. The quantitative estimate of drug-likeness (QED) is 0.534. The fourth-order valence-electron chi connectivity index (χ4n) is 1.94. The van der Waals surface area contributed by atoms with E-state index in [2.05, 4.69) is 15.9 Å². The number of aryl methyl sites for hydroxylation is 1. The summed E-state index contributed by atoms with van der Waals surface area (Å²) >= 11 is 3.07. The molecule has 0 bridgehead atoms. The van der Waals surface area contributed by atoms with Gasteiger partial charge in [-0.1, -0.05) is 22.0 Å². The molecule has 0 N–H and O–H groups in total. The van der Waals surface area contributed by atoms with Gasteiger partial charge in [0.2, 0.25) is 0 Å². The molecule has 0 aliphatic rings. The standard InChI is InChI=1S/C15H9BrF4O/c1-8-4-10(15(18,19)20)2-3-13(8)14(21)9-5-11(16)7-12(17)6-9/h2-7H,1H3. The Morgan fingerprint density at radius 2 is 1.76 bits per heavy atom. The highest BCUT2D eigenvalue weighted by Gasteiger charge is 2.31. The second kappa shape index (κ2) is 5.60. The second-order valence-electron chi connectivity index (χ2n) is 4.51. The van der Waals surface area contributed by atoms with Crippen LogP contribution in [0, 0.1) is 12.7 Å². The van der Waals surface area contributed by atoms with Crippen molar-refractivity contribution in [3.63, 3.8) is 0 Å². The molecule has 6 heteroatoms. The first kappa shape index (κ1) is 15.7. The molecule has 0 radical (unpaired) electrons. The van der Waals surface area contributed by atoms with E-state index in [1.807, 2.05) is 0 Å². The van der Waals surface area contributed by atoms with E-state index in [1.165, 1.54) is 19.1 Å². The summed E-state index contributed by atoms with van der Waals surface area (Å²) in [5, 5.41) is 0. The smallest absolute Gasteiger partial charge is 0.289 e. The fourth-order valence-corrected chi connectivity index (χ4v) is 2.40. The summed E-state index contributed by atoms with van der Waals surface area (Å²) in [5.41, 5.74) is -0.447. The van der Waals surface area contributed by atoms with E-state index in [-0.39, 0.29) is 16.7 Å². The molecule has 2 aromatic carbocycles. The van der Waals surface area contributed by atoms with Gasteiger partial charge >= 0.3 is 6.18 Å². The number of benzene rings is 2. The lowest BCUT2D eigenvalue weighted by atomic mass is 9.97. The van der Waals surface area contributed by atoms with Crippen molar-refractivity contribution >= 4 is 21.7 Å². The van der Waals surface area contributed by atoms with E-state index in [4.69, 9.17) is 0 Å². The first-order valence-electron chi connectivity index (χ1n) is 5.87. The first-order chi connectivity index (χ1) is 9.68. The van der Waals surface area contributed by atoms with E-state index in [9.17, 15) is 22.4 Å². The molecule has 0 fully saturated rings. The Labute approximate surface area is 126 Å². The predicted molar refractivity (Wildman–Crippen MR) is 73.7 cm³/mol. The van der Waals surface area contributed by atoms with E-state index >= 15 is 0 Å². The molecule has 0 aromatic heterocycles. The molecule has 2 rings (SSSR count). The van der Waals surface area contributed by atoms with Crippen molar-refractivity contribution in [1.29, 1.82) is 0 Å². The minimum atomic E-state index is -4.46. The Bertz CT molecular complexity index is 687. The molecule has 0 heterocycles. The molecule has 0 saturated heterocycles. The summed E-state index contributed by atoms with van der Waals surface area (Å²) in [4.78, 5) is 12.3. The molecule has 1 nitrogen and oxygen atoms in total. The Kier molecular flexibility index (Phi) is 4.18. The minimum Gasteiger partial charge on any atom is -0.289 e. The average molecular weight is 361 g/mol. The van der Waals surface area contributed by atoms with Gasteiger partial charge in [0.15, 0.2) is 5.78 Å². The van der Waals surface area contributed by atoms with E-state index in [0.29, 0.717) is 4.47 Å². The SMILES string of the molecule is Cc1cc(C(F)(F)F)ccc1C(=O)c1cc(F)cc(Br)c1. The van der Waals surface area contributed by atoms with Gasteiger partial charge in [0.05, 0.1) is 5.56 Å². The third-order valence-corrected chi connectivity index (χ3v) is 3.38. The van der Waals surface area contributed by atoms with E-state index in [0.717, 1.165) is 24.3 Å². The van der Waals surface area contributed by atoms with Crippen LogP contribution in [0.1, 0.15) is 27.0 Å². The fraction of sp³-hybridized carbons (Fsp3) is 0.133. The molecule has 0 amide bonds. The largest absolute Gasteiger partial charge is 0.416 e. The van der Waals surface area contributed by atoms with Crippen molar-refractivity contribution in [2.45, 2.75) is 13.1 Å². The lowest BCUT2D eigenvalue weighted by Crippen LogP contribution is -2.09. The van der Waals surface area contributed by atoms with Crippen LogP contribution in [0.15, 0.2) is 40.9 Å². The lowest BCUT2D eigenvalue weighted by Gasteiger charge is -2.10. The maximum Gasteiger partial charge on any atom is 0.416 e. The maximum atomic E-state index is 13.3. The molecule has 21 heavy (non-hydrogen) atoms. The van der Waals surface area contributed by atoms with Crippen LogP contribution < -0.4 is 0 Å². The Hall–Kier alpha value is -1.69. The zero-order chi connectivity index (χ0) is 15.8. The molecule has 0 aliphatic heterocycles. The van der Waals surface area contributed by atoms with Crippen molar-refractivity contribution in [1.82, 2.24) is 0 Å². The number of halogens is 5. The van der Waals surface area contributed by atoms with Crippen molar-refractivity contribution in [2.75, 3.05) is 0 Å². The van der Waals surface area contributed by atoms with Crippen molar-refractivity contribution < 1.29 is 22.4 Å². The molecule has 2 aromatic rings. The summed E-state index contributed by atoms with van der Waals surface area (Å²) in [7, 11) is 0. The maximum absolute atomic E-state index is 13.3. The van der Waals surface area contributed by atoms with Gasteiger partial charge in [0.25, 0.3) is 0 Å². The number of rotatable bonds is 2. The Morgan fingerprint density at radius 1 is 1.10 bits per heavy atom. The van der Waals surface area contributed by atoms with Gasteiger partial charge in [-0.2, -0.15) is 13.2 Å². The van der Waals surface area contributed by atoms with E-state index in [1.54, 1.807) is 0 Å². The Balaban J connectivity index is 2.44. The van der Waals surface area contributed by atoms with Crippen LogP contribution in [-0.2, 0) is 6.18 Å². The molecule has 0 saturated carbocycles. The summed E-state index contributed by atoms with van der Waals surface area (Å²) < 4.78 is 51.4. The van der Waals surface area contributed by atoms with E-state index < -0.39 is 23.3 Å². The van der Waals surface area contributed by atoms with Gasteiger partial charge in [-0.15, -0.1) is 0 Å². The Morgan fingerprint density at radius 3 is 2.29 bits per heavy atom. The van der Waals surface area contributed by atoms with Gasteiger partial charge in [0.1, 0.15) is 5.82 Å². The third kappa shape index (κ3) is 3.50. The molecular formula is C15H9BrF4O. The first-order valence-corrected chi connectivity index (χ1v) is 6.66. The third-order valence-electron chi connectivity index (χ3n) is 2.92. The molecule has 0 unspecified atom stereocenters. The van der Waals surface area contributed by atoms with Crippen molar-refractivity contribution in [3.05, 3.63) is 68.9 Å². The lowest BCUT2D eigenvalue weighted by molar-refractivity contribution is -0.137. The molecule has 0 atom stereocenters. The van der Waals surface area contributed by atoms with Gasteiger partial charge in [-0.3, -0.25) is 4.79 Å². The molecule has 0 aliphatic carbocycles. The van der Waals surface area contributed by atoms with Crippen LogP contribution >= 0.6 is 15.9 Å². The summed E-state index contributed by atoms with van der Waals surface area (Å²) in [5.74, 6) is -1.13. The second-order valence-corrected chi connectivity index (χ2v) is 5.43. The number of hydrogen-bond acceptors (Lipinski definition) is 1. The van der Waals surface area contributed by atoms with Crippen molar-refractivity contribution in [3.8, 4) is 0 Å². The number of ketones is 1. The number of carbonyl (C=O) groups is 1. The number of alkyl halides is 3. The van der Waals surface area contributed by atoms with Gasteiger partial charge in [-0.05, 0) is 42.8 Å². The normalized spacial score (nSPS) is 11.5. The highest BCUT2D eigenvalue weighted by molar-refractivity contribution is 9.10. The average Bonchev–Trinajstić information content (AvgIpc) is 2.35. The molecule has 110 valence electrons. The monoisotopic (exact) mass is 360 g/mol. The topological polar surface area (TPSA) is 17.1 Å². The zero-order valence-corrected chi connectivity index (χ0v) is 12.3. The molecule has 0 spiro atoms. The van der Waals surface area contributed by atoms with Crippen LogP contribution in [0.25, 0.3) is 0 Å². The van der Waals surface area contributed by atoms with Gasteiger partial charge in [-0.25, -0.2) is 4.39 Å². The summed E-state index contributed by atoms with van der Waals surface area (Å²) in [6, 6.07) is 6.51. The number of carbonyl (C=O) groups excluding carboxylic acids is 1. The number of hydrogen-bond donors (Lipinski definition) is 0. The van der Waals surface area contributed by atoms with Crippen LogP contribution in [0.5, 0.6) is 0 Å². The van der Waals surface area contributed by atoms with Gasteiger partial charge < -0.3 is 0 Å². The predicted octanol–water partition coefficient (Wildman–Crippen LogP) is 5.15. The van der Waals surface area contributed by atoms with Crippen LogP contribution in [0.3, 0.4) is 0 Å².